The molecule has 0 radical (unpaired) electrons. The zero-order chi connectivity index (χ0) is 11.4. The van der Waals surface area contributed by atoms with Crippen LogP contribution in [0.15, 0.2) is 12.4 Å². The maximum Gasteiger partial charge on any atom is 0.225 e. The van der Waals surface area contributed by atoms with Gasteiger partial charge in [0.2, 0.25) is 5.95 Å². The van der Waals surface area contributed by atoms with Crippen LogP contribution >= 0.6 is 0 Å². The molecule has 3 nitrogen and oxygen atoms in total. The summed E-state index contributed by atoms with van der Waals surface area (Å²) < 4.78 is 0. The molecule has 0 bridgehead atoms. The van der Waals surface area contributed by atoms with Gasteiger partial charge in [-0.15, -0.1) is 0 Å². The minimum absolute atomic E-state index is 0.857. The van der Waals surface area contributed by atoms with Gasteiger partial charge in [0.1, 0.15) is 0 Å². The van der Waals surface area contributed by atoms with Crippen LogP contribution in [0.4, 0.5) is 5.95 Å². The lowest BCUT2D eigenvalue weighted by Crippen LogP contribution is -2.34. The van der Waals surface area contributed by atoms with Crippen molar-refractivity contribution in [2.45, 2.75) is 39.5 Å². The van der Waals surface area contributed by atoms with Crippen LogP contribution in [0, 0.1) is 5.92 Å². The standard InChI is InChI=1S/C13H21N3/c1-3-4-12-9-14-13(15-10-12)16-7-5-11(2)6-8-16/h9-11H,3-8H2,1-2H3. The van der Waals surface area contributed by atoms with E-state index >= 15 is 0 Å². The third kappa shape index (κ3) is 2.71. The normalized spacial score (nSPS) is 17.8. The van der Waals surface area contributed by atoms with Crippen molar-refractivity contribution >= 4 is 5.95 Å². The average Bonchev–Trinajstić information content (AvgIpc) is 2.32. The highest BCUT2D eigenvalue weighted by Crippen LogP contribution is 2.19. The van der Waals surface area contributed by atoms with E-state index in [1.807, 2.05) is 12.4 Å². The molecule has 2 rings (SSSR count). The topological polar surface area (TPSA) is 29.0 Å². The molecule has 1 aliphatic heterocycles. The minimum atomic E-state index is 0.857. The van der Waals surface area contributed by atoms with Gasteiger partial charge in [0, 0.05) is 25.5 Å². The lowest BCUT2D eigenvalue weighted by atomic mass is 10.00. The van der Waals surface area contributed by atoms with Crippen LogP contribution in [0.2, 0.25) is 0 Å². The Hall–Kier alpha value is -1.12. The molecule has 0 atom stereocenters. The Morgan fingerprint density at radius 2 is 1.88 bits per heavy atom. The van der Waals surface area contributed by atoms with Crippen molar-refractivity contribution in [1.82, 2.24) is 9.97 Å². The van der Waals surface area contributed by atoms with Crippen LogP contribution < -0.4 is 4.90 Å². The molecule has 1 saturated heterocycles. The van der Waals surface area contributed by atoms with E-state index in [4.69, 9.17) is 0 Å². The Morgan fingerprint density at radius 1 is 1.25 bits per heavy atom. The summed E-state index contributed by atoms with van der Waals surface area (Å²) in [7, 11) is 0. The first-order chi connectivity index (χ1) is 7.79. The monoisotopic (exact) mass is 219 g/mol. The average molecular weight is 219 g/mol. The van der Waals surface area contributed by atoms with Crippen molar-refractivity contribution < 1.29 is 0 Å². The summed E-state index contributed by atoms with van der Waals surface area (Å²) in [6.07, 6.45) is 8.72. The molecular formula is C13H21N3. The number of rotatable bonds is 3. The molecule has 1 aliphatic rings. The third-order valence-electron chi connectivity index (χ3n) is 3.30. The Bertz CT molecular complexity index is 312. The number of anilines is 1. The predicted molar refractivity (Wildman–Crippen MR) is 66.6 cm³/mol. The molecule has 0 spiro atoms. The maximum atomic E-state index is 4.46. The van der Waals surface area contributed by atoms with Gasteiger partial charge in [-0.05, 0) is 30.7 Å². The van der Waals surface area contributed by atoms with Crippen molar-refractivity contribution in [3.05, 3.63) is 18.0 Å². The van der Waals surface area contributed by atoms with Gasteiger partial charge in [-0.3, -0.25) is 0 Å². The van der Waals surface area contributed by atoms with Gasteiger partial charge in [0.05, 0.1) is 0 Å². The summed E-state index contributed by atoms with van der Waals surface area (Å²) in [5.74, 6) is 1.77. The molecule has 0 amide bonds. The Morgan fingerprint density at radius 3 is 2.44 bits per heavy atom. The van der Waals surface area contributed by atoms with Crippen LogP contribution in [0.1, 0.15) is 38.7 Å². The lowest BCUT2D eigenvalue weighted by molar-refractivity contribution is 0.434. The molecular weight excluding hydrogens is 198 g/mol. The van der Waals surface area contributed by atoms with Crippen molar-refractivity contribution in [3.63, 3.8) is 0 Å². The number of hydrogen-bond donors (Lipinski definition) is 0. The van der Waals surface area contributed by atoms with Gasteiger partial charge in [-0.25, -0.2) is 9.97 Å². The summed E-state index contributed by atoms with van der Waals surface area (Å²) in [5.41, 5.74) is 1.25. The first-order valence-corrected chi connectivity index (χ1v) is 6.35. The maximum absolute atomic E-state index is 4.46. The summed E-state index contributed by atoms with van der Waals surface area (Å²) in [5, 5.41) is 0. The molecule has 0 unspecified atom stereocenters. The minimum Gasteiger partial charge on any atom is -0.341 e. The Kier molecular flexibility index (Phi) is 3.75. The van der Waals surface area contributed by atoms with Crippen molar-refractivity contribution in [3.8, 4) is 0 Å². The molecule has 0 saturated carbocycles. The zero-order valence-electron chi connectivity index (χ0n) is 10.3. The number of piperidine rings is 1. The summed E-state index contributed by atoms with van der Waals surface area (Å²) >= 11 is 0. The predicted octanol–water partition coefficient (Wildman–Crippen LogP) is 2.67. The fraction of sp³-hybridized carbons (Fsp3) is 0.692. The molecule has 16 heavy (non-hydrogen) atoms. The molecule has 1 fully saturated rings. The van der Waals surface area contributed by atoms with Crippen molar-refractivity contribution in [2.75, 3.05) is 18.0 Å². The number of hydrogen-bond acceptors (Lipinski definition) is 3. The smallest absolute Gasteiger partial charge is 0.225 e. The van der Waals surface area contributed by atoms with E-state index in [0.717, 1.165) is 37.8 Å². The van der Waals surface area contributed by atoms with Gasteiger partial charge in [-0.2, -0.15) is 0 Å². The fourth-order valence-electron chi connectivity index (χ4n) is 2.14. The molecule has 0 aliphatic carbocycles. The third-order valence-corrected chi connectivity index (χ3v) is 3.30. The quantitative estimate of drug-likeness (QED) is 0.782. The van der Waals surface area contributed by atoms with Gasteiger partial charge in [0.15, 0.2) is 0 Å². The van der Waals surface area contributed by atoms with E-state index in [9.17, 15) is 0 Å². The van der Waals surface area contributed by atoms with E-state index < -0.39 is 0 Å². The Labute approximate surface area is 97.9 Å². The van der Waals surface area contributed by atoms with Crippen LogP contribution in [0.3, 0.4) is 0 Å². The van der Waals surface area contributed by atoms with Crippen molar-refractivity contribution in [2.24, 2.45) is 5.92 Å². The number of aromatic nitrogens is 2. The SMILES string of the molecule is CCCc1cnc(N2CCC(C)CC2)nc1. The molecule has 2 heterocycles. The number of aryl methyl sites for hydroxylation is 1. The summed E-state index contributed by atoms with van der Waals surface area (Å²) in [6, 6.07) is 0. The molecule has 1 aromatic rings. The van der Waals surface area contributed by atoms with Crippen LogP contribution in [0.25, 0.3) is 0 Å². The highest BCUT2D eigenvalue weighted by Gasteiger charge is 2.17. The van der Waals surface area contributed by atoms with Gasteiger partial charge < -0.3 is 4.90 Å². The van der Waals surface area contributed by atoms with E-state index in [1.54, 1.807) is 0 Å². The Balaban J connectivity index is 1.98. The van der Waals surface area contributed by atoms with Crippen LogP contribution in [-0.2, 0) is 6.42 Å². The largest absolute Gasteiger partial charge is 0.341 e. The molecule has 1 aromatic heterocycles. The highest BCUT2D eigenvalue weighted by atomic mass is 15.2. The van der Waals surface area contributed by atoms with E-state index in [-0.39, 0.29) is 0 Å². The summed E-state index contributed by atoms with van der Waals surface area (Å²) in [4.78, 5) is 11.2. The second-order valence-corrected chi connectivity index (χ2v) is 4.81. The first-order valence-electron chi connectivity index (χ1n) is 6.35. The van der Waals surface area contributed by atoms with E-state index in [0.29, 0.717) is 0 Å². The second kappa shape index (κ2) is 5.28. The highest BCUT2D eigenvalue weighted by molar-refractivity contribution is 5.30. The van der Waals surface area contributed by atoms with Gasteiger partial charge in [0.25, 0.3) is 0 Å². The molecule has 0 aromatic carbocycles. The lowest BCUT2D eigenvalue weighted by Gasteiger charge is -2.30. The second-order valence-electron chi connectivity index (χ2n) is 4.81. The van der Waals surface area contributed by atoms with Crippen molar-refractivity contribution in [1.29, 1.82) is 0 Å². The fourth-order valence-corrected chi connectivity index (χ4v) is 2.14. The molecule has 3 heteroatoms. The first kappa shape index (κ1) is 11.4. The van der Waals surface area contributed by atoms with E-state index in [2.05, 4.69) is 28.7 Å². The molecule has 88 valence electrons. The number of nitrogens with zero attached hydrogens (tertiary/aromatic N) is 3. The van der Waals surface area contributed by atoms with Gasteiger partial charge in [-0.1, -0.05) is 20.3 Å². The zero-order valence-corrected chi connectivity index (χ0v) is 10.3. The summed E-state index contributed by atoms with van der Waals surface area (Å²) in [6.45, 7) is 6.71. The van der Waals surface area contributed by atoms with Crippen LogP contribution in [0.5, 0.6) is 0 Å². The van der Waals surface area contributed by atoms with E-state index in [1.165, 1.54) is 18.4 Å². The van der Waals surface area contributed by atoms with Crippen LogP contribution in [-0.4, -0.2) is 23.1 Å². The molecule has 0 N–H and O–H groups in total. The van der Waals surface area contributed by atoms with Gasteiger partial charge >= 0.3 is 0 Å².